The maximum atomic E-state index is 12.2. The van der Waals surface area contributed by atoms with Gasteiger partial charge in [0.15, 0.2) is 5.76 Å². The lowest BCUT2D eigenvalue weighted by Gasteiger charge is -2.36. The van der Waals surface area contributed by atoms with Gasteiger partial charge in [-0.2, -0.15) is 0 Å². The van der Waals surface area contributed by atoms with Gasteiger partial charge in [-0.05, 0) is 37.9 Å². The molecule has 1 amide bonds. The number of carbonyl (C=O) groups excluding carboxylic acids is 1. The third kappa shape index (κ3) is 1.53. The second kappa shape index (κ2) is 3.94. The van der Waals surface area contributed by atoms with E-state index in [9.17, 15) is 4.79 Å². The lowest BCUT2D eigenvalue weighted by molar-refractivity contribution is 0.0568. The van der Waals surface area contributed by atoms with Gasteiger partial charge in [-0.15, -0.1) is 0 Å². The smallest absolute Gasteiger partial charge is 0.289 e. The lowest BCUT2D eigenvalue weighted by Crippen LogP contribution is -2.50. The van der Waals surface area contributed by atoms with E-state index >= 15 is 0 Å². The third-order valence-corrected chi connectivity index (χ3v) is 3.62. The van der Waals surface area contributed by atoms with E-state index in [1.54, 1.807) is 18.4 Å². The molecule has 4 heteroatoms. The van der Waals surface area contributed by atoms with Gasteiger partial charge in [0.05, 0.1) is 6.26 Å². The van der Waals surface area contributed by atoms with Gasteiger partial charge in [-0.25, -0.2) is 0 Å². The first-order chi connectivity index (χ1) is 7.86. The van der Waals surface area contributed by atoms with Gasteiger partial charge in [-0.1, -0.05) is 0 Å². The van der Waals surface area contributed by atoms with Crippen LogP contribution < -0.4 is 5.32 Å². The van der Waals surface area contributed by atoms with E-state index in [1.165, 1.54) is 6.42 Å². The number of hydrogen-bond donors (Lipinski definition) is 1. The molecule has 86 valence electrons. The molecule has 1 aromatic rings. The van der Waals surface area contributed by atoms with Gasteiger partial charge < -0.3 is 14.6 Å². The molecule has 2 saturated heterocycles. The van der Waals surface area contributed by atoms with Crippen LogP contribution in [0.3, 0.4) is 0 Å². The molecule has 4 nitrogen and oxygen atoms in total. The van der Waals surface area contributed by atoms with Gasteiger partial charge in [0.2, 0.25) is 0 Å². The number of carbonyl (C=O) groups is 1. The Bertz CT molecular complexity index is 374. The van der Waals surface area contributed by atoms with Crippen molar-refractivity contribution in [2.45, 2.75) is 31.3 Å². The molecule has 16 heavy (non-hydrogen) atoms. The van der Waals surface area contributed by atoms with E-state index in [-0.39, 0.29) is 5.91 Å². The van der Waals surface area contributed by atoms with Crippen molar-refractivity contribution in [3.63, 3.8) is 0 Å². The molecule has 2 fully saturated rings. The van der Waals surface area contributed by atoms with E-state index in [0.717, 1.165) is 25.9 Å². The molecule has 2 unspecified atom stereocenters. The van der Waals surface area contributed by atoms with Crippen LogP contribution in [0.5, 0.6) is 0 Å². The summed E-state index contributed by atoms with van der Waals surface area (Å²) in [6, 6.07) is 4.37. The van der Waals surface area contributed by atoms with Crippen molar-refractivity contribution in [2.24, 2.45) is 0 Å². The number of hydrogen-bond acceptors (Lipinski definition) is 3. The van der Waals surface area contributed by atoms with Crippen LogP contribution in [0.4, 0.5) is 0 Å². The summed E-state index contributed by atoms with van der Waals surface area (Å²) in [4.78, 5) is 14.2. The van der Waals surface area contributed by atoms with Crippen LogP contribution >= 0.6 is 0 Å². The Morgan fingerprint density at radius 2 is 2.44 bits per heavy atom. The minimum atomic E-state index is 0.0448. The highest BCUT2D eigenvalue weighted by Crippen LogP contribution is 2.25. The predicted molar refractivity (Wildman–Crippen MR) is 59.2 cm³/mol. The van der Waals surface area contributed by atoms with Crippen LogP contribution in [-0.2, 0) is 0 Å². The Labute approximate surface area is 94.6 Å². The molecule has 0 aliphatic carbocycles. The van der Waals surface area contributed by atoms with E-state index in [0.29, 0.717) is 17.8 Å². The molecule has 2 aliphatic rings. The topological polar surface area (TPSA) is 45.5 Å². The summed E-state index contributed by atoms with van der Waals surface area (Å²) in [5, 5.41) is 3.46. The quantitative estimate of drug-likeness (QED) is 0.774. The van der Waals surface area contributed by atoms with Crippen molar-refractivity contribution in [1.29, 1.82) is 0 Å². The molecule has 0 saturated carbocycles. The van der Waals surface area contributed by atoms with Crippen LogP contribution in [0, 0.1) is 0 Å². The van der Waals surface area contributed by atoms with Crippen LogP contribution in [0.25, 0.3) is 0 Å². The first-order valence-corrected chi connectivity index (χ1v) is 5.94. The zero-order chi connectivity index (χ0) is 11.0. The number of fused-ring (bicyclic) bond motifs is 1. The number of piperidine rings is 1. The molecule has 2 atom stereocenters. The molecule has 1 N–H and O–H groups in total. The number of furan rings is 1. The molecular formula is C12H16N2O2. The molecule has 3 heterocycles. The van der Waals surface area contributed by atoms with Crippen LogP contribution in [0.1, 0.15) is 29.8 Å². The van der Waals surface area contributed by atoms with Crippen LogP contribution in [0.2, 0.25) is 0 Å². The Morgan fingerprint density at radius 3 is 3.25 bits per heavy atom. The molecule has 0 radical (unpaired) electrons. The SMILES string of the molecule is O=C(c1ccco1)N1CCCC2NCCC21. The van der Waals surface area contributed by atoms with Crippen LogP contribution in [-0.4, -0.2) is 36.0 Å². The summed E-state index contributed by atoms with van der Waals surface area (Å²) in [5.41, 5.74) is 0. The van der Waals surface area contributed by atoms with Gasteiger partial charge in [0.25, 0.3) is 5.91 Å². The predicted octanol–water partition coefficient (Wildman–Crippen LogP) is 1.25. The molecular weight excluding hydrogens is 204 g/mol. The average Bonchev–Trinajstić information content (AvgIpc) is 2.98. The summed E-state index contributed by atoms with van der Waals surface area (Å²) in [6.07, 6.45) is 4.89. The number of likely N-dealkylation sites (tertiary alicyclic amines) is 1. The van der Waals surface area contributed by atoms with E-state index in [1.807, 2.05) is 4.90 Å². The second-order valence-corrected chi connectivity index (χ2v) is 4.53. The Balaban J connectivity index is 1.80. The third-order valence-electron chi connectivity index (χ3n) is 3.62. The largest absolute Gasteiger partial charge is 0.459 e. The number of amides is 1. The van der Waals surface area contributed by atoms with Crippen molar-refractivity contribution in [2.75, 3.05) is 13.1 Å². The molecule has 3 rings (SSSR count). The number of nitrogens with one attached hydrogen (secondary N) is 1. The highest BCUT2D eigenvalue weighted by Gasteiger charge is 2.38. The van der Waals surface area contributed by atoms with E-state index < -0.39 is 0 Å². The molecule has 0 aromatic carbocycles. The molecule has 0 spiro atoms. The Kier molecular flexibility index (Phi) is 2.44. The van der Waals surface area contributed by atoms with Gasteiger partial charge in [0.1, 0.15) is 0 Å². The molecule has 1 aromatic heterocycles. The molecule has 0 bridgehead atoms. The summed E-state index contributed by atoms with van der Waals surface area (Å²) in [7, 11) is 0. The van der Waals surface area contributed by atoms with E-state index in [2.05, 4.69) is 5.32 Å². The highest BCUT2D eigenvalue weighted by molar-refractivity contribution is 5.91. The van der Waals surface area contributed by atoms with Gasteiger partial charge in [-0.3, -0.25) is 4.79 Å². The van der Waals surface area contributed by atoms with Crippen molar-refractivity contribution in [3.8, 4) is 0 Å². The maximum Gasteiger partial charge on any atom is 0.289 e. The number of nitrogens with zero attached hydrogens (tertiary/aromatic N) is 1. The van der Waals surface area contributed by atoms with Crippen molar-refractivity contribution < 1.29 is 9.21 Å². The van der Waals surface area contributed by atoms with Gasteiger partial charge >= 0.3 is 0 Å². The highest BCUT2D eigenvalue weighted by atomic mass is 16.3. The Hall–Kier alpha value is -1.29. The average molecular weight is 220 g/mol. The minimum Gasteiger partial charge on any atom is -0.459 e. The summed E-state index contributed by atoms with van der Waals surface area (Å²) in [6.45, 7) is 1.89. The summed E-state index contributed by atoms with van der Waals surface area (Å²) in [5.74, 6) is 0.510. The zero-order valence-electron chi connectivity index (χ0n) is 9.19. The fraction of sp³-hybridized carbons (Fsp3) is 0.583. The summed E-state index contributed by atoms with van der Waals surface area (Å²) >= 11 is 0. The monoisotopic (exact) mass is 220 g/mol. The fourth-order valence-electron chi connectivity index (χ4n) is 2.86. The standard InChI is InChI=1S/C12H16N2O2/c15-12(11-4-2-8-16-11)14-7-1-3-9-10(14)5-6-13-9/h2,4,8-10,13H,1,3,5-7H2. The molecule has 2 aliphatic heterocycles. The zero-order valence-corrected chi connectivity index (χ0v) is 9.19. The van der Waals surface area contributed by atoms with E-state index in [4.69, 9.17) is 4.42 Å². The van der Waals surface area contributed by atoms with Crippen molar-refractivity contribution in [1.82, 2.24) is 10.2 Å². The second-order valence-electron chi connectivity index (χ2n) is 4.53. The normalized spacial score (nSPS) is 29.1. The maximum absolute atomic E-state index is 12.2. The first kappa shape index (κ1) is 9.90. The lowest BCUT2D eigenvalue weighted by atomic mass is 9.97. The van der Waals surface area contributed by atoms with Crippen molar-refractivity contribution in [3.05, 3.63) is 24.2 Å². The minimum absolute atomic E-state index is 0.0448. The fourth-order valence-corrected chi connectivity index (χ4v) is 2.86. The Morgan fingerprint density at radius 1 is 1.50 bits per heavy atom. The van der Waals surface area contributed by atoms with Gasteiger partial charge in [0, 0.05) is 18.6 Å². The first-order valence-electron chi connectivity index (χ1n) is 5.94. The number of rotatable bonds is 1. The van der Waals surface area contributed by atoms with Crippen molar-refractivity contribution >= 4 is 5.91 Å². The van der Waals surface area contributed by atoms with Crippen LogP contribution in [0.15, 0.2) is 22.8 Å². The summed E-state index contributed by atoms with van der Waals surface area (Å²) < 4.78 is 5.19.